The molecule has 1 fully saturated rings. The van der Waals surface area contributed by atoms with E-state index in [9.17, 15) is 19.2 Å². The Balaban J connectivity index is 1.68. The van der Waals surface area contributed by atoms with E-state index in [0.717, 1.165) is 0 Å². The predicted molar refractivity (Wildman–Crippen MR) is 131 cm³/mol. The first-order chi connectivity index (χ1) is 17.0. The Kier molecular flexibility index (Phi) is 7.08. The van der Waals surface area contributed by atoms with Gasteiger partial charge in [-0.2, -0.15) is 4.98 Å². The van der Waals surface area contributed by atoms with E-state index in [-0.39, 0.29) is 24.0 Å². The number of para-hydroxylation sites is 1. The SMILES string of the molecule is CN1CCn2c([C@@H]3CCCN3C(=O)COc3ccccc3Cl)nc(=O)c(OC(=O)C(C)(C)C)c2C1=O. The normalized spacial score (nSPS) is 17.7. The molecule has 1 atom stereocenters. The summed E-state index contributed by atoms with van der Waals surface area (Å²) in [6, 6.07) is 6.34. The van der Waals surface area contributed by atoms with E-state index in [4.69, 9.17) is 21.1 Å². The van der Waals surface area contributed by atoms with Gasteiger partial charge in [0, 0.05) is 26.7 Å². The number of likely N-dealkylation sites (tertiary alicyclic amines) is 1. The van der Waals surface area contributed by atoms with Crippen LogP contribution in [0, 0.1) is 5.41 Å². The molecule has 0 unspecified atom stereocenters. The maximum absolute atomic E-state index is 13.1. The van der Waals surface area contributed by atoms with Crippen LogP contribution in [0.4, 0.5) is 0 Å². The number of halogens is 1. The van der Waals surface area contributed by atoms with E-state index < -0.39 is 28.9 Å². The monoisotopic (exact) mass is 516 g/mol. The van der Waals surface area contributed by atoms with Gasteiger partial charge in [-0.1, -0.05) is 23.7 Å². The first-order valence-electron chi connectivity index (χ1n) is 11.8. The van der Waals surface area contributed by atoms with Gasteiger partial charge in [0.1, 0.15) is 11.6 Å². The molecule has 2 amide bonds. The number of nitrogens with zero attached hydrogens (tertiary/aromatic N) is 4. The Morgan fingerprint density at radius 2 is 1.86 bits per heavy atom. The third-order valence-corrected chi connectivity index (χ3v) is 6.56. The lowest BCUT2D eigenvalue weighted by molar-refractivity contribution is -0.143. The molecule has 1 saturated heterocycles. The second-order valence-electron chi connectivity index (χ2n) is 9.94. The molecule has 0 saturated carbocycles. The van der Waals surface area contributed by atoms with Crippen LogP contribution in [-0.2, 0) is 16.1 Å². The molecule has 4 rings (SSSR count). The summed E-state index contributed by atoms with van der Waals surface area (Å²) in [7, 11) is 1.61. The fourth-order valence-corrected chi connectivity index (χ4v) is 4.43. The number of carbonyl (C=O) groups is 3. The number of rotatable bonds is 5. The molecule has 2 aliphatic rings. The van der Waals surface area contributed by atoms with E-state index in [0.29, 0.717) is 49.1 Å². The van der Waals surface area contributed by atoms with E-state index >= 15 is 0 Å². The Morgan fingerprint density at radius 1 is 1.14 bits per heavy atom. The molecule has 1 aromatic heterocycles. The fraction of sp³-hybridized carbons (Fsp3) is 0.480. The molecule has 10 nitrogen and oxygen atoms in total. The second kappa shape index (κ2) is 9.93. The summed E-state index contributed by atoms with van der Waals surface area (Å²) < 4.78 is 12.7. The van der Waals surface area contributed by atoms with Crippen LogP contribution in [0.2, 0.25) is 5.02 Å². The van der Waals surface area contributed by atoms with Gasteiger partial charge in [-0.05, 0) is 45.7 Å². The van der Waals surface area contributed by atoms with Gasteiger partial charge in [0.25, 0.3) is 11.8 Å². The molecule has 3 heterocycles. The van der Waals surface area contributed by atoms with Gasteiger partial charge in [0.15, 0.2) is 12.3 Å². The van der Waals surface area contributed by atoms with Crippen molar-refractivity contribution in [2.45, 2.75) is 46.2 Å². The molecule has 11 heteroatoms. The van der Waals surface area contributed by atoms with Gasteiger partial charge in [0.2, 0.25) is 5.75 Å². The number of carbonyl (C=O) groups excluding carboxylic acids is 3. The number of benzene rings is 1. The smallest absolute Gasteiger partial charge is 0.316 e. The zero-order chi connectivity index (χ0) is 26.2. The fourth-order valence-electron chi connectivity index (χ4n) is 4.23. The number of amides is 2. The summed E-state index contributed by atoms with van der Waals surface area (Å²) in [5.41, 5.74) is -1.73. The van der Waals surface area contributed by atoms with Gasteiger partial charge in [-0.15, -0.1) is 0 Å². The number of ether oxygens (including phenoxy) is 2. The van der Waals surface area contributed by atoms with Crippen LogP contribution in [0.5, 0.6) is 11.5 Å². The molecule has 1 aromatic carbocycles. The van der Waals surface area contributed by atoms with Gasteiger partial charge in [-0.3, -0.25) is 19.2 Å². The van der Waals surface area contributed by atoms with Crippen molar-refractivity contribution in [3.63, 3.8) is 0 Å². The van der Waals surface area contributed by atoms with Crippen LogP contribution >= 0.6 is 11.6 Å². The zero-order valence-corrected chi connectivity index (χ0v) is 21.5. The average molecular weight is 517 g/mol. The van der Waals surface area contributed by atoms with Crippen molar-refractivity contribution in [2.75, 3.05) is 26.7 Å². The molecule has 0 aliphatic carbocycles. The minimum absolute atomic E-state index is 0.0250. The summed E-state index contributed by atoms with van der Waals surface area (Å²) in [6.07, 6.45) is 1.26. The van der Waals surface area contributed by atoms with Crippen molar-refractivity contribution >= 4 is 29.4 Å². The quantitative estimate of drug-likeness (QED) is 0.562. The highest BCUT2D eigenvalue weighted by Crippen LogP contribution is 2.34. The maximum Gasteiger partial charge on any atom is 0.316 e. The average Bonchev–Trinajstić information content (AvgIpc) is 3.31. The lowest BCUT2D eigenvalue weighted by atomic mass is 9.97. The Labute approximate surface area is 213 Å². The Bertz CT molecular complexity index is 1270. The number of hydrogen-bond acceptors (Lipinski definition) is 7. The predicted octanol–water partition coefficient (Wildman–Crippen LogP) is 2.68. The Hall–Kier alpha value is -3.40. The van der Waals surface area contributed by atoms with E-state index in [1.807, 2.05) is 0 Å². The number of hydrogen-bond donors (Lipinski definition) is 0. The molecule has 0 N–H and O–H groups in total. The minimum Gasteiger partial charge on any atom is -0.482 e. The third-order valence-electron chi connectivity index (χ3n) is 6.25. The molecule has 2 aromatic rings. The summed E-state index contributed by atoms with van der Waals surface area (Å²) in [4.78, 5) is 59.2. The van der Waals surface area contributed by atoms with Crippen LogP contribution in [0.1, 0.15) is 56.0 Å². The highest BCUT2D eigenvalue weighted by molar-refractivity contribution is 6.32. The van der Waals surface area contributed by atoms with Crippen LogP contribution in [0.15, 0.2) is 29.1 Å². The van der Waals surface area contributed by atoms with E-state index in [2.05, 4.69) is 4.98 Å². The standard InChI is InChI=1S/C25H29ClN4O6/c1-25(2,3)24(34)36-20-19-23(33)28(4)12-13-30(19)21(27-22(20)32)16-9-7-11-29(16)18(31)14-35-17-10-6-5-8-15(17)26/h5-6,8,10,16H,7,9,11-14H2,1-4H3/t16-/m0/s1. The molecule has 2 aliphatic heterocycles. The van der Waals surface area contributed by atoms with E-state index in [1.165, 1.54) is 4.90 Å². The summed E-state index contributed by atoms with van der Waals surface area (Å²) in [6.45, 7) is 5.91. The number of fused-ring (bicyclic) bond motifs is 1. The number of likely N-dealkylation sites (N-methyl/N-ethyl adjacent to an activating group) is 1. The summed E-state index contributed by atoms with van der Waals surface area (Å²) in [5, 5.41) is 0.397. The molecule has 192 valence electrons. The zero-order valence-electron chi connectivity index (χ0n) is 20.7. The lowest BCUT2D eigenvalue weighted by Crippen LogP contribution is -2.44. The summed E-state index contributed by atoms with van der Waals surface area (Å²) in [5.74, 6) is -1.06. The molecule has 0 bridgehead atoms. The van der Waals surface area contributed by atoms with Gasteiger partial charge < -0.3 is 23.8 Å². The second-order valence-corrected chi connectivity index (χ2v) is 10.3. The van der Waals surface area contributed by atoms with Crippen molar-refractivity contribution in [1.29, 1.82) is 0 Å². The maximum atomic E-state index is 13.1. The highest BCUT2D eigenvalue weighted by atomic mass is 35.5. The molecule has 0 spiro atoms. The van der Waals surface area contributed by atoms with Crippen molar-refractivity contribution in [3.05, 3.63) is 51.2 Å². The van der Waals surface area contributed by atoms with Crippen molar-refractivity contribution in [2.24, 2.45) is 5.41 Å². The third kappa shape index (κ3) is 4.95. The molecular weight excluding hydrogens is 488 g/mol. The lowest BCUT2D eigenvalue weighted by Gasteiger charge is -2.33. The van der Waals surface area contributed by atoms with E-state index in [1.54, 1.807) is 61.6 Å². The van der Waals surface area contributed by atoms with Crippen molar-refractivity contribution in [3.8, 4) is 11.5 Å². The molecule has 36 heavy (non-hydrogen) atoms. The number of aromatic nitrogens is 2. The highest BCUT2D eigenvalue weighted by Gasteiger charge is 2.39. The minimum atomic E-state index is -0.886. The molecule has 0 radical (unpaired) electrons. The number of esters is 1. The topological polar surface area (TPSA) is 111 Å². The van der Waals surface area contributed by atoms with Crippen LogP contribution in [-0.4, -0.2) is 63.9 Å². The summed E-state index contributed by atoms with van der Waals surface area (Å²) >= 11 is 6.12. The molecular formula is C25H29ClN4O6. The van der Waals surface area contributed by atoms with Crippen LogP contribution < -0.4 is 15.0 Å². The van der Waals surface area contributed by atoms with Crippen molar-refractivity contribution in [1.82, 2.24) is 19.4 Å². The van der Waals surface area contributed by atoms with Gasteiger partial charge in [-0.25, -0.2) is 0 Å². The van der Waals surface area contributed by atoms with Gasteiger partial charge in [0.05, 0.1) is 16.5 Å². The first-order valence-corrected chi connectivity index (χ1v) is 12.2. The largest absolute Gasteiger partial charge is 0.482 e. The van der Waals surface area contributed by atoms with Gasteiger partial charge >= 0.3 is 11.5 Å². The van der Waals surface area contributed by atoms with Crippen LogP contribution in [0.25, 0.3) is 0 Å². The first kappa shape index (κ1) is 25.7. The van der Waals surface area contributed by atoms with Crippen molar-refractivity contribution < 1.29 is 23.9 Å². The Morgan fingerprint density at radius 3 is 2.56 bits per heavy atom. The van der Waals surface area contributed by atoms with Crippen LogP contribution in [0.3, 0.4) is 0 Å².